The van der Waals surface area contributed by atoms with Crippen LogP contribution in [0.3, 0.4) is 0 Å². The van der Waals surface area contributed by atoms with Gasteiger partial charge in [-0.3, -0.25) is 4.79 Å². The van der Waals surface area contributed by atoms with Gasteiger partial charge < -0.3 is 0 Å². The molecule has 4 nitrogen and oxygen atoms in total. The number of pyridine rings is 1. The van der Waals surface area contributed by atoms with Gasteiger partial charge in [0.15, 0.2) is 10.6 Å². The van der Waals surface area contributed by atoms with Crippen LogP contribution >= 0.6 is 50.5 Å². The van der Waals surface area contributed by atoms with Crippen LogP contribution in [0.2, 0.25) is 10.0 Å². The van der Waals surface area contributed by atoms with Crippen molar-refractivity contribution in [3.05, 3.63) is 65.4 Å². The Balaban J connectivity index is 2.00. The Hall–Kier alpha value is -1.47. The first-order chi connectivity index (χ1) is 11.0. The molecule has 0 radical (unpaired) electrons. The molecule has 0 saturated heterocycles. The minimum Gasteiger partial charge on any atom is -0.267 e. The van der Waals surface area contributed by atoms with Gasteiger partial charge in [0.25, 0.3) is 5.56 Å². The number of thiazole rings is 1. The molecule has 3 aromatic heterocycles. The number of hydrogen-bond acceptors (Lipinski definition) is 4. The van der Waals surface area contributed by atoms with E-state index >= 15 is 0 Å². The Morgan fingerprint density at radius 1 is 1.26 bits per heavy atom. The Labute approximate surface area is 152 Å². The van der Waals surface area contributed by atoms with Crippen LogP contribution in [0, 0.1) is 0 Å². The predicted molar refractivity (Wildman–Crippen MR) is 97.6 cm³/mol. The van der Waals surface area contributed by atoms with E-state index in [1.165, 1.54) is 15.7 Å². The number of halogens is 3. The lowest BCUT2D eigenvalue weighted by molar-refractivity contribution is 1.15. The molecule has 0 bridgehead atoms. The molecule has 8 heteroatoms. The molecule has 0 fully saturated rings. The summed E-state index contributed by atoms with van der Waals surface area (Å²) in [6.07, 6.45) is 3.39. The minimum absolute atomic E-state index is 0.159. The zero-order valence-electron chi connectivity index (χ0n) is 11.3. The third-order valence-electron chi connectivity index (χ3n) is 3.30. The highest BCUT2D eigenvalue weighted by Gasteiger charge is 2.12. The second-order valence-corrected chi connectivity index (χ2v) is 7.58. The fraction of sp³-hybridized carbons (Fsp3) is 0. The maximum Gasteiger partial charge on any atom is 0.276 e. The third kappa shape index (κ3) is 2.55. The Morgan fingerprint density at radius 2 is 2.09 bits per heavy atom. The van der Waals surface area contributed by atoms with Crippen LogP contribution in [0.15, 0.2) is 39.7 Å². The first-order valence-electron chi connectivity index (χ1n) is 6.46. The van der Waals surface area contributed by atoms with Gasteiger partial charge in [0, 0.05) is 20.7 Å². The molecule has 0 amide bonds. The molecule has 0 N–H and O–H groups in total. The van der Waals surface area contributed by atoms with Crippen molar-refractivity contribution in [3.63, 3.8) is 0 Å². The van der Waals surface area contributed by atoms with E-state index in [0.29, 0.717) is 30.7 Å². The Bertz CT molecular complexity index is 1190. The molecule has 0 aliphatic heterocycles. The maximum absolute atomic E-state index is 12.7. The van der Waals surface area contributed by atoms with Crippen molar-refractivity contribution in [2.24, 2.45) is 0 Å². The molecule has 4 rings (SSSR count). The average molecular weight is 427 g/mol. The summed E-state index contributed by atoms with van der Waals surface area (Å²) >= 11 is 16.7. The highest BCUT2D eigenvalue weighted by Crippen LogP contribution is 2.22. The fourth-order valence-electron chi connectivity index (χ4n) is 2.27. The highest BCUT2D eigenvalue weighted by molar-refractivity contribution is 9.10. The van der Waals surface area contributed by atoms with Crippen molar-refractivity contribution < 1.29 is 0 Å². The summed E-state index contributed by atoms with van der Waals surface area (Å²) in [6, 6.07) is 6.99. The number of fused-ring (bicyclic) bond motifs is 3. The van der Waals surface area contributed by atoms with Crippen molar-refractivity contribution in [2.45, 2.75) is 0 Å². The van der Waals surface area contributed by atoms with Crippen LogP contribution in [0.25, 0.3) is 22.2 Å². The molecule has 114 valence electrons. The van der Waals surface area contributed by atoms with E-state index in [0.717, 1.165) is 10.0 Å². The lowest BCUT2D eigenvalue weighted by Crippen LogP contribution is -2.23. The quantitative estimate of drug-likeness (QED) is 0.463. The number of nitrogens with zero attached hydrogens (tertiary/aromatic N) is 3. The van der Waals surface area contributed by atoms with Gasteiger partial charge >= 0.3 is 0 Å². The summed E-state index contributed by atoms with van der Waals surface area (Å²) in [5, 5.41) is 1.05. The number of aromatic nitrogens is 3. The van der Waals surface area contributed by atoms with E-state index in [9.17, 15) is 4.79 Å². The molecule has 0 atom stereocenters. The topological polar surface area (TPSA) is 47.3 Å². The first kappa shape index (κ1) is 15.1. The molecule has 0 spiro atoms. The van der Waals surface area contributed by atoms with E-state index < -0.39 is 0 Å². The van der Waals surface area contributed by atoms with E-state index in [1.807, 2.05) is 6.07 Å². The second kappa shape index (κ2) is 5.56. The van der Waals surface area contributed by atoms with E-state index in [4.69, 9.17) is 23.2 Å². The maximum atomic E-state index is 12.7. The van der Waals surface area contributed by atoms with E-state index in [2.05, 4.69) is 25.9 Å². The molecule has 23 heavy (non-hydrogen) atoms. The van der Waals surface area contributed by atoms with Crippen molar-refractivity contribution in [1.82, 2.24) is 14.4 Å². The van der Waals surface area contributed by atoms with Crippen LogP contribution in [0.4, 0.5) is 0 Å². The molecule has 1 aromatic carbocycles. The van der Waals surface area contributed by atoms with Crippen molar-refractivity contribution in [3.8, 4) is 0 Å². The monoisotopic (exact) mass is 425 g/mol. The van der Waals surface area contributed by atoms with Crippen molar-refractivity contribution >= 4 is 72.7 Å². The standard InChI is InChI=1S/C15H6BrCl2N3OS/c16-8-4-11-13(19-6-8)21-14(22)12(23-15(21)20-11)3-7-1-2-9(17)5-10(7)18/h1-6H/b12-3-. The summed E-state index contributed by atoms with van der Waals surface area (Å²) in [7, 11) is 0. The predicted octanol–water partition coefficient (Wildman–Crippen LogP) is 3.92. The third-order valence-corrected chi connectivity index (χ3v) is 5.26. The Kier molecular flexibility index (Phi) is 3.65. The summed E-state index contributed by atoms with van der Waals surface area (Å²) < 4.78 is 2.88. The Morgan fingerprint density at radius 3 is 2.87 bits per heavy atom. The van der Waals surface area contributed by atoms with Crippen LogP contribution < -0.4 is 10.1 Å². The highest BCUT2D eigenvalue weighted by atomic mass is 79.9. The van der Waals surface area contributed by atoms with E-state index in [-0.39, 0.29) is 5.56 Å². The van der Waals surface area contributed by atoms with Crippen LogP contribution in [-0.2, 0) is 0 Å². The van der Waals surface area contributed by atoms with Gasteiger partial charge in [0.05, 0.1) is 4.53 Å². The number of hydrogen-bond donors (Lipinski definition) is 0. The van der Waals surface area contributed by atoms with Gasteiger partial charge in [0.2, 0.25) is 0 Å². The smallest absolute Gasteiger partial charge is 0.267 e. The van der Waals surface area contributed by atoms with Gasteiger partial charge in [-0.1, -0.05) is 40.6 Å². The van der Waals surface area contributed by atoms with Crippen molar-refractivity contribution in [1.29, 1.82) is 0 Å². The van der Waals surface area contributed by atoms with Gasteiger partial charge in [-0.25, -0.2) is 14.4 Å². The summed E-state index contributed by atoms with van der Waals surface area (Å²) in [5.41, 5.74) is 1.80. The lowest BCUT2D eigenvalue weighted by atomic mass is 10.2. The fourth-order valence-corrected chi connectivity index (χ4v) is 4.02. The zero-order valence-corrected chi connectivity index (χ0v) is 15.2. The zero-order chi connectivity index (χ0) is 16.1. The van der Waals surface area contributed by atoms with Gasteiger partial charge in [-0.2, -0.15) is 0 Å². The van der Waals surface area contributed by atoms with Gasteiger partial charge in [0.1, 0.15) is 5.52 Å². The average Bonchev–Trinajstić information content (AvgIpc) is 2.98. The van der Waals surface area contributed by atoms with Gasteiger partial charge in [-0.05, 0) is 45.8 Å². The largest absolute Gasteiger partial charge is 0.276 e. The summed E-state index contributed by atoms with van der Waals surface area (Å²) in [5.74, 6) is 0. The van der Waals surface area contributed by atoms with E-state index in [1.54, 1.807) is 30.5 Å². The molecule has 0 saturated carbocycles. The van der Waals surface area contributed by atoms with Gasteiger partial charge in [-0.15, -0.1) is 0 Å². The van der Waals surface area contributed by atoms with Crippen LogP contribution in [0.1, 0.15) is 5.56 Å². The molecule has 3 heterocycles. The number of imidazole rings is 1. The van der Waals surface area contributed by atoms with Crippen LogP contribution in [0.5, 0.6) is 0 Å². The number of benzene rings is 1. The minimum atomic E-state index is -0.159. The molecule has 0 unspecified atom stereocenters. The van der Waals surface area contributed by atoms with Crippen LogP contribution in [-0.4, -0.2) is 14.4 Å². The first-order valence-corrected chi connectivity index (χ1v) is 8.83. The number of rotatable bonds is 1. The second-order valence-electron chi connectivity index (χ2n) is 4.81. The molecule has 4 aromatic rings. The molecular weight excluding hydrogens is 421 g/mol. The normalized spacial score (nSPS) is 12.6. The van der Waals surface area contributed by atoms with Crippen molar-refractivity contribution in [2.75, 3.05) is 0 Å². The lowest BCUT2D eigenvalue weighted by Gasteiger charge is -1.97. The summed E-state index contributed by atoms with van der Waals surface area (Å²) in [4.78, 5) is 22.0. The molecule has 0 aliphatic carbocycles. The molecule has 0 aliphatic rings. The molecular formula is C15H6BrCl2N3OS. The summed E-state index contributed by atoms with van der Waals surface area (Å²) in [6.45, 7) is 0. The SMILES string of the molecule is O=c1/c(=C/c2ccc(Cl)cc2Cl)sc2nc3cc(Br)cnc3n12.